The summed E-state index contributed by atoms with van der Waals surface area (Å²) < 4.78 is 5.80. The zero-order valence-corrected chi connectivity index (χ0v) is 10.6. The smallest absolute Gasteiger partial charge is 0.0852 e. The predicted molar refractivity (Wildman–Crippen MR) is 64.2 cm³/mol. The maximum absolute atomic E-state index is 5.80. The highest BCUT2D eigenvalue weighted by Crippen LogP contribution is 2.15. The largest absolute Gasteiger partial charge is 0.374 e. The molecule has 0 bridgehead atoms. The van der Waals surface area contributed by atoms with Crippen LogP contribution in [0.1, 0.15) is 33.6 Å². The Kier molecular flexibility index (Phi) is 5.58. The van der Waals surface area contributed by atoms with Crippen LogP contribution in [0.15, 0.2) is 0 Å². The fourth-order valence-electron chi connectivity index (χ4n) is 2.35. The van der Waals surface area contributed by atoms with E-state index in [9.17, 15) is 0 Å². The number of morpholine rings is 1. The number of nitrogens with one attached hydrogen (secondary N) is 1. The van der Waals surface area contributed by atoms with E-state index in [1.807, 2.05) is 0 Å². The quantitative estimate of drug-likeness (QED) is 0.750. The lowest BCUT2D eigenvalue weighted by molar-refractivity contribution is -0.0303. The van der Waals surface area contributed by atoms with Crippen molar-refractivity contribution in [3.8, 4) is 0 Å². The Balaban J connectivity index is 2.45. The fourth-order valence-corrected chi connectivity index (χ4v) is 2.35. The third-order valence-electron chi connectivity index (χ3n) is 3.66. The van der Waals surface area contributed by atoms with E-state index < -0.39 is 0 Å². The number of hydrogen-bond donors (Lipinski definition) is 1. The van der Waals surface area contributed by atoms with Crippen LogP contribution in [0.4, 0.5) is 0 Å². The first-order chi connectivity index (χ1) is 7.20. The van der Waals surface area contributed by atoms with Gasteiger partial charge >= 0.3 is 0 Å². The summed E-state index contributed by atoms with van der Waals surface area (Å²) in [7, 11) is 2.22. The second kappa shape index (κ2) is 6.46. The number of rotatable bonds is 5. The Bertz CT molecular complexity index is 165. The van der Waals surface area contributed by atoms with Crippen LogP contribution < -0.4 is 5.32 Å². The van der Waals surface area contributed by atoms with Gasteiger partial charge in [0.1, 0.15) is 0 Å². The van der Waals surface area contributed by atoms with Crippen molar-refractivity contribution < 1.29 is 4.74 Å². The second-order valence-corrected chi connectivity index (χ2v) is 4.49. The van der Waals surface area contributed by atoms with Gasteiger partial charge < -0.3 is 10.1 Å². The number of nitrogens with zero attached hydrogens (tertiary/aromatic N) is 1. The first-order valence-corrected chi connectivity index (χ1v) is 6.24. The Morgan fingerprint density at radius 3 is 2.53 bits per heavy atom. The van der Waals surface area contributed by atoms with Gasteiger partial charge in [-0.2, -0.15) is 0 Å². The number of likely N-dealkylation sites (N-methyl/N-ethyl adjacent to an activating group) is 1. The molecule has 0 aliphatic carbocycles. The van der Waals surface area contributed by atoms with Gasteiger partial charge in [0.25, 0.3) is 0 Å². The van der Waals surface area contributed by atoms with Gasteiger partial charge in [-0.05, 0) is 26.8 Å². The maximum Gasteiger partial charge on any atom is 0.0852 e. The molecule has 0 spiro atoms. The topological polar surface area (TPSA) is 24.5 Å². The van der Waals surface area contributed by atoms with Crippen molar-refractivity contribution in [1.82, 2.24) is 10.2 Å². The maximum atomic E-state index is 5.80. The first kappa shape index (κ1) is 12.9. The van der Waals surface area contributed by atoms with Gasteiger partial charge in [-0.1, -0.05) is 13.8 Å². The van der Waals surface area contributed by atoms with Gasteiger partial charge in [0.05, 0.1) is 12.7 Å². The van der Waals surface area contributed by atoms with E-state index in [0.717, 1.165) is 19.7 Å². The minimum absolute atomic E-state index is 0.351. The standard InChI is InChI=1S/C12H26N2O/c1-5-11(6-2)14(4)10(3)12-9-13-7-8-15-12/h10-13H,5-9H2,1-4H3. The third kappa shape index (κ3) is 3.44. The lowest BCUT2D eigenvalue weighted by Crippen LogP contribution is -2.52. The minimum Gasteiger partial charge on any atom is -0.374 e. The van der Waals surface area contributed by atoms with Crippen LogP contribution in [0, 0.1) is 0 Å². The molecule has 0 aromatic rings. The zero-order valence-electron chi connectivity index (χ0n) is 10.6. The van der Waals surface area contributed by atoms with Crippen molar-refractivity contribution in [3.05, 3.63) is 0 Å². The fraction of sp³-hybridized carbons (Fsp3) is 1.00. The van der Waals surface area contributed by atoms with E-state index >= 15 is 0 Å². The summed E-state index contributed by atoms with van der Waals surface area (Å²) in [5.74, 6) is 0. The molecule has 90 valence electrons. The van der Waals surface area contributed by atoms with Gasteiger partial charge in [-0.15, -0.1) is 0 Å². The van der Waals surface area contributed by atoms with Crippen molar-refractivity contribution >= 4 is 0 Å². The van der Waals surface area contributed by atoms with Crippen molar-refractivity contribution in [2.24, 2.45) is 0 Å². The molecule has 3 heteroatoms. The summed E-state index contributed by atoms with van der Waals surface area (Å²) in [6.45, 7) is 9.64. The number of hydrogen-bond acceptors (Lipinski definition) is 3. The third-order valence-corrected chi connectivity index (χ3v) is 3.66. The Morgan fingerprint density at radius 1 is 1.40 bits per heavy atom. The lowest BCUT2D eigenvalue weighted by Gasteiger charge is -2.38. The minimum atomic E-state index is 0.351. The van der Waals surface area contributed by atoms with Gasteiger partial charge in [-0.25, -0.2) is 0 Å². The molecule has 0 aromatic heterocycles. The highest BCUT2D eigenvalue weighted by molar-refractivity contribution is 4.82. The van der Waals surface area contributed by atoms with Crippen molar-refractivity contribution in [2.45, 2.75) is 51.8 Å². The Hall–Kier alpha value is -0.120. The molecular weight excluding hydrogens is 188 g/mol. The van der Waals surface area contributed by atoms with Crippen molar-refractivity contribution in [3.63, 3.8) is 0 Å². The Labute approximate surface area is 94.2 Å². The molecule has 1 rings (SSSR count). The molecule has 1 aliphatic rings. The predicted octanol–water partition coefficient (Wildman–Crippen LogP) is 1.48. The second-order valence-electron chi connectivity index (χ2n) is 4.49. The monoisotopic (exact) mass is 214 g/mol. The van der Waals surface area contributed by atoms with Crippen LogP contribution in [0.2, 0.25) is 0 Å². The molecule has 2 unspecified atom stereocenters. The van der Waals surface area contributed by atoms with Gasteiger partial charge in [0.2, 0.25) is 0 Å². The zero-order chi connectivity index (χ0) is 11.3. The average molecular weight is 214 g/mol. The van der Waals surface area contributed by atoms with Gasteiger partial charge in [0.15, 0.2) is 0 Å². The molecule has 0 aromatic carbocycles. The number of ether oxygens (including phenoxy) is 1. The van der Waals surface area contributed by atoms with Crippen LogP contribution >= 0.6 is 0 Å². The summed E-state index contributed by atoms with van der Waals surface area (Å²) in [5, 5.41) is 3.39. The molecule has 1 saturated heterocycles. The van der Waals surface area contributed by atoms with Crippen LogP contribution in [0.25, 0.3) is 0 Å². The van der Waals surface area contributed by atoms with Crippen molar-refractivity contribution in [1.29, 1.82) is 0 Å². The highest BCUT2D eigenvalue weighted by Gasteiger charge is 2.26. The SMILES string of the molecule is CCC(CC)N(C)C(C)C1CNCCO1. The van der Waals surface area contributed by atoms with Gasteiger partial charge in [-0.3, -0.25) is 4.90 Å². The Morgan fingerprint density at radius 2 is 2.07 bits per heavy atom. The van der Waals surface area contributed by atoms with Crippen LogP contribution in [0.5, 0.6) is 0 Å². The molecule has 1 fully saturated rings. The lowest BCUT2D eigenvalue weighted by atomic mass is 10.1. The molecule has 15 heavy (non-hydrogen) atoms. The molecule has 3 nitrogen and oxygen atoms in total. The summed E-state index contributed by atoms with van der Waals surface area (Å²) >= 11 is 0. The van der Waals surface area contributed by atoms with E-state index in [4.69, 9.17) is 4.74 Å². The van der Waals surface area contributed by atoms with E-state index in [-0.39, 0.29) is 0 Å². The summed E-state index contributed by atoms with van der Waals surface area (Å²) in [6.07, 6.45) is 2.79. The van der Waals surface area contributed by atoms with Crippen molar-refractivity contribution in [2.75, 3.05) is 26.7 Å². The van der Waals surface area contributed by atoms with Crippen LogP contribution in [0.3, 0.4) is 0 Å². The molecule has 0 saturated carbocycles. The van der Waals surface area contributed by atoms with E-state index in [2.05, 4.69) is 38.0 Å². The molecule has 2 atom stereocenters. The van der Waals surface area contributed by atoms with Gasteiger partial charge in [0, 0.05) is 25.2 Å². The average Bonchev–Trinajstić information content (AvgIpc) is 2.30. The first-order valence-electron chi connectivity index (χ1n) is 6.24. The van der Waals surface area contributed by atoms with E-state index in [0.29, 0.717) is 18.2 Å². The summed E-state index contributed by atoms with van der Waals surface area (Å²) in [4.78, 5) is 2.47. The molecular formula is C12H26N2O. The van der Waals surface area contributed by atoms with Crippen LogP contribution in [-0.2, 0) is 4.74 Å². The summed E-state index contributed by atoms with van der Waals surface area (Å²) in [5.41, 5.74) is 0. The molecule has 0 amide bonds. The normalized spacial score (nSPS) is 24.8. The highest BCUT2D eigenvalue weighted by atomic mass is 16.5. The molecule has 1 aliphatic heterocycles. The van der Waals surface area contributed by atoms with Crippen LogP contribution in [-0.4, -0.2) is 49.8 Å². The molecule has 1 N–H and O–H groups in total. The van der Waals surface area contributed by atoms with E-state index in [1.54, 1.807) is 0 Å². The van der Waals surface area contributed by atoms with E-state index in [1.165, 1.54) is 12.8 Å². The summed E-state index contributed by atoms with van der Waals surface area (Å²) in [6, 6.07) is 1.19. The molecule has 1 heterocycles. The molecule has 0 radical (unpaired) electrons.